The molecule has 24 heavy (non-hydrogen) atoms. The van der Waals surface area contributed by atoms with E-state index in [1.807, 2.05) is 42.5 Å². The van der Waals surface area contributed by atoms with Crippen molar-refractivity contribution in [1.29, 1.82) is 0 Å². The van der Waals surface area contributed by atoms with Gasteiger partial charge in [0.2, 0.25) is 0 Å². The van der Waals surface area contributed by atoms with Gasteiger partial charge in [0, 0.05) is 22.8 Å². The summed E-state index contributed by atoms with van der Waals surface area (Å²) < 4.78 is 5.99. The fourth-order valence-electron chi connectivity index (χ4n) is 2.45. The molecule has 0 fully saturated rings. The molecule has 0 unspecified atom stereocenters. The Balaban J connectivity index is 1.65. The van der Waals surface area contributed by atoms with E-state index in [0.717, 1.165) is 34.1 Å². The first kappa shape index (κ1) is 16.4. The van der Waals surface area contributed by atoms with Crippen LogP contribution in [-0.4, -0.2) is 0 Å². The molecule has 0 radical (unpaired) electrons. The Hall–Kier alpha value is -2.45. The molecule has 0 spiro atoms. The molecule has 122 valence electrons. The minimum absolute atomic E-state index is 0.502. The minimum atomic E-state index is 0.502. The zero-order chi connectivity index (χ0) is 16.8. The summed E-state index contributed by atoms with van der Waals surface area (Å²) in [5.41, 5.74) is 4.54. The summed E-state index contributed by atoms with van der Waals surface area (Å²) in [6.07, 6.45) is 0. The minimum Gasteiger partial charge on any atom is -0.489 e. The van der Waals surface area contributed by atoms with Gasteiger partial charge in [-0.3, -0.25) is 0 Å². The summed E-state index contributed by atoms with van der Waals surface area (Å²) >= 11 is 6.02. The van der Waals surface area contributed by atoms with Gasteiger partial charge in [-0.15, -0.1) is 0 Å². The van der Waals surface area contributed by atoms with E-state index in [-0.39, 0.29) is 0 Å². The number of hydrogen-bond donors (Lipinski definition) is 1. The lowest BCUT2D eigenvalue weighted by Crippen LogP contribution is -2.03. The van der Waals surface area contributed by atoms with Crippen molar-refractivity contribution >= 4 is 17.3 Å². The molecule has 0 saturated carbocycles. The van der Waals surface area contributed by atoms with Crippen LogP contribution >= 0.6 is 11.6 Å². The molecule has 0 aliphatic rings. The number of nitrogens with one attached hydrogen (secondary N) is 1. The number of rotatable bonds is 6. The van der Waals surface area contributed by atoms with Crippen molar-refractivity contribution in [2.45, 2.75) is 20.1 Å². The van der Waals surface area contributed by atoms with Crippen molar-refractivity contribution in [2.24, 2.45) is 0 Å². The highest BCUT2D eigenvalue weighted by molar-refractivity contribution is 6.30. The first-order valence-electron chi connectivity index (χ1n) is 7.96. The Bertz CT molecular complexity index is 799. The Morgan fingerprint density at radius 3 is 2.50 bits per heavy atom. The van der Waals surface area contributed by atoms with E-state index in [0.29, 0.717) is 6.61 Å². The van der Waals surface area contributed by atoms with E-state index in [1.165, 1.54) is 5.56 Å². The maximum atomic E-state index is 6.02. The van der Waals surface area contributed by atoms with Crippen molar-refractivity contribution in [1.82, 2.24) is 0 Å². The average molecular weight is 338 g/mol. The number of halogens is 1. The lowest BCUT2D eigenvalue weighted by Gasteiger charge is -2.13. The molecule has 0 aliphatic heterocycles. The number of para-hydroxylation sites is 1. The van der Waals surface area contributed by atoms with Crippen LogP contribution in [0, 0.1) is 6.92 Å². The van der Waals surface area contributed by atoms with Gasteiger partial charge in [-0.25, -0.2) is 0 Å². The maximum Gasteiger partial charge on any atom is 0.124 e. The summed E-state index contributed by atoms with van der Waals surface area (Å²) in [4.78, 5) is 0. The third kappa shape index (κ3) is 4.53. The van der Waals surface area contributed by atoms with Crippen LogP contribution in [0.25, 0.3) is 0 Å². The molecule has 0 aromatic heterocycles. The number of ether oxygens (including phenoxy) is 1. The van der Waals surface area contributed by atoms with Crippen molar-refractivity contribution in [2.75, 3.05) is 5.32 Å². The van der Waals surface area contributed by atoms with Crippen molar-refractivity contribution < 1.29 is 4.74 Å². The topological polar surface area (TPSA) is 21.3 Å². The Kier molecular flexibility index (Phi) is 5.39. The van der Waals surface area contributed by atoms with Gasteiger partial charge in [0.15, 0.2) is 0 Å². The van der Waals surface area contributed by atoms with Gasteiger partial charge in [0.25, 0.3) is 0 Å². The van der Waals surface area contributed by atoms with Gasteiger partial charge in [-0.1, -0.05) is 59.6 Å². The lowest BCUT2D eigenvalue weighted by atomic mass is 10.2. The third-order valence-electron chi connectivity index (χ3n) is 3.79. The highest BCUT2D eigenvalue weighted by Crippen LogP contribution is 2.21. The first-order valence-corrected chi connectivity index (χ1v) is 8.34. The van der Waals surface area contributed by atoms with Crippen LogP contribution in [-0.2, 0) is 13.2 Å². The molecule has 1 N–H and O–H groups in total. The predicted molar refractivity (Wildman–Crippen MR) is 101 cm³/mol. The van der Waals surface area contributed by atoms with Gasteiger partial charge in [-0.2, -0.15) is 0 Å². The molecule has 3 aromatic carbocycles. The van der Waals surface area contributed by atoms with Gasteiger partial charge in [0.05, 0.1) is 0 Å². The number of hydrogen-bond acceptors (Lipinski definition) is 2. The molecule has 3 rings (SSSR count). The Labute approximate surface area is 148 Å². The molecule has 0 amide bonds. The van der Waals surface area contributed by atoms with E-state index < -0.39 is 0 Å². The molecule has 3 heteroatoms. The Morgan fingerprint density at radius 1 is 0.917 bits per heavy atom. The van der Waals surface area contributed by atoms with Crippen LogP contribution in [0.4, 0.5) is 5.69 Å². The van der Waals surface area contributed by atoms with E-state index in [1.54, 1.807) is 0 Å². The predicted octanol–water partition coefficient (Wildman–Crippen LogP) is 5.84. The number of aryl methyl sites for hydroxylation is 1. The average Bonchev–Trinajstić information content (AvgIpc) is 2.60. The highest BCUT2D eigenvalue weighted by atomic mass is 35.5. The molecule has 3 aromatic rings. The molecule has 0 atom stereocenters. The molecular weight excluding hydrogens is 318 g/mol. The summed E-state index contributed by atoms with van der Waals surface area (Å²) in [7, 11) is 0. The molecule has 0 saturated heterocycles. The lowest BCUT2D eigenvalue weighted by molar-refractivity contribution is 0.303. The van der Waals surface area contributed by atoms with E-state index >= 15 is 0 Å². The summed E-state index contributed by atoms with van der Waals surface area (Å²) in [5.74, 6) is 0.886. The number of anilines is 1. The van der Waals surface area contributed by atoms with Gasteiger partial charge in [0.1, 0.15) is 12.4 Å². The fourth-order valence-corrected chi connectivity index (χ4v) is 2.66. The largest absolute Gasteiger partial charge is 0.489 e. The van der Waals surface area contributed by atoms with Gasteiger partial charge in [-0.05, 0) is 42.8 Å². The van der Waals surface area contributed by atoms with Crippen LogP contribution in [0.15, 0.2) is 72.8 Å². The van der Waals surface area contributed by atoms with Gasteiger partial charge >= 0.3 is 0 Å². The van der Waals surface area contributed by atoms with Crippen LogP contribution in [0.5, 0.6) is 5.75 Å². The normalized spacial score (nSPS) is 10.4. The van der Waals surface area contributed by atoms with E-state index in [9.17, 15) is 0 Å². The second-order valence-electron chi connectivity index (χ2n) is 5.75. The second kappa shape index (κ2) is 7.89. The second-order valence-corrected chi connectivity index (χ2v) is 6.18. The summed E-state index contributed by atoms with van der Waals surface area (Å²) in [6, 6.07) is 24.2. The highest BCUT2D eigenvalue weighted by Gasteiger charge is 2.04. The first-order chi connectivity index (χ1) is 11.7. The smallest absolute Gasteiger partial charge is 0.124 e. The van der Waals surface area contributed by atoms with Crippen LogP contribution in [0.3, 0.4) is 0 Å². The molecule has 0 bridgehead atoms. The monoisotopic (exact) mass is 337 g/mol. The maximum absolute atomic E-state index is 6.02. The third-order valence-corrected chi connectivity index (χ3v) is 4.03. The van der Waals surface area contributed by atoms with E-state index in [4.69, 9.17) is 16.3 Å². The zero-order valence-electron chi connectivity index (χ0n) is 13.6. The standard InChI is InChI=1S/C21H20ClNO/c1-16-9-11-20(12-10-16)23-14-18-6-2-3-8-21(18)24-15-17-5-4-7-19(22)13-17/h2-13,23H,14-15H2,1H3. The molecule has 0 heterocycles. The van der Waals surface area contributed by atoms with Gasteiger partial charge < -0.3 is 10.1 Å². The summed E-state index contributed by atoms with van der Waals surface area (Å²) in [6.45, 7) is 3.31. The molecule has 2 nitrogen and oxygen atoms in total. The van der Waals surface area contributed by atoms with Crippen LogP contribution in [0.1, 0.15) is 16.7 Å². The van der Waals surface area contributed by atoms with E-state index in [2.05, 4.69) is 42.6 Å². The van der Waals surface area contributed by atoms with Crippen LogP contribution < -0.4 is 10.1 Å². The zero-order valence-corrected chi connectivity index (χ0v) is 14.4. The fraction of sp³-hybridized carbons (Fsp3) is 0.143. The number of benzene rings is 3. The SMILES string of the molecule is Cc1ccc(NCc2ccccc2OCc2cccc(Cl)c2)cc1. The Morgan fingerprint density at radius 2 is 1.71 bits per heavy atom. The quantitative estimate of drug-likeness (QED) is 0.610. The summed E-state index contributed by atoms with van der Waals surface area (Å²) in [5, 5.41) is 4.16. The van der Waals surface area contributed by atoms with Crippen molar-refractivity contribution in [3.63, 3.8) is 0 Å². The molecule has 0 aliphatic carbocycles. The van der Waals surface area contributed by atoms with Crippen molar-refractivity contribution in [3.8, 4) is 5.75 Å². The van der Waals surface area contributed by atoms with Crippen LogP contribution in [0.2, 0.25) is 5.02 Å². The van der Waals surface area contributed by atoms with Crippen molar-refractivity contribution in [3.05, 3.63) is 94.5 Å². The molecular formula is C21H20ClNO.